The van der Waals surface area contributed by atoms with E-state index >= 15 is 0 Å². The maximum absolute atomic E-state index is 9.60. The van der Waals surface area contributed by atoms with Crippen molar-refractivity contribution in [2.75, 3.05) is 45.9 Å². The van der Waals surface area contributed by atoms with Crippen molar-refractivity contribution in [2.24, 2.45) is 0 Å². The summed E-state index contributed by atoms with van der Waals surface area (Å²) < 4.78 is 2.13. The number of nitrogens with zero attached hydrogens (tertiary/aromatic N) is 2. The monoisotopic (exact) mass is 390 g/mol. The third-order valence-electron chi connectivity index (χ3n) is 6.46. The first-order valence-corrected chi connectivity index (χ1v) is 11.6. The summed E-state index contributed by atoms with van der Waals surface area (Å²) >= 11 is 0. The van der Waals surface area contributed by atoms with Crippen molar-refractivity contribution in [1.29, 1.82) is 0 Å². The third-order valence-corrected chi connectivity index (χ3v) is 6.46. The van der Waals surface area contributed by atoms with Gasteiger partial charge in [0.2, 0.25) is 0 Å². The Morgan fingerprint density at radius 1 is 0.704 bits per heavy atom. The van der Waals surface area contributed by atoms with Gasteiger partial charge in [0.25, 0.3) is 0 Å². The summed E-state index contributed by atoms with van der Waals surface area (Å²) in [5.41, 5.74) is 0. The van der Waals surface area contributed by atoms with Crippen molar-refractivity contribution in [3.05, 3.63) is 0 Å². The van der Waals surface area contributed by atoms with Crippen LogP contribution in [-0.4, -0.2) is 83.2 Å². The lowest BCUT2D eigenvalue weighted by Crippen LogP contribution is -2.58. The molecule has 0 saturated heterocycles. The lowest BCUT2D eigenvalue weighted by atomic mass is 10.1. The van der Waals surface area contributed by atoms with Gasteiger partial charge in [0, 0.05) is 0 Å². The minimum absolute atomic E-state index is 0.168. The number of hydrogen-bond acceptors (Lipinski definition) is 2. The Balaban J connectivity index is 0. The highest BCUT2D eigenvalue weighted by atomic mass is 16.3. The fraction of sp³-hybridized carbons (Fsp3) is 1.00. The van der Waals surface area contributed by atoms with E-state index in [0.717, 1.165) is 35.1 Å². The van der Waals surface area contributed by atoms with Crippen LogP contribution in [0.3, 0.4) is 0 Å². The van der Waals surface area contributed by atoms with Crippen LogP contribution in [0.15, 0.2) is 0 Å². The van der Waals surface area contributed by atoms with E-state index in [4.69, 9.17) is 5.11 Å². The number of unbranched alkanes of at least 4 members (excludes halogenated alkanes) is 2. The molecule has 0 aliphatic carbocycles. The van der Waals surface area contributed by atoms with E-state index in [1.54, 1.807) is 0 Å². The van der Waals surface area contributed by atoms with Gasteiger partial charge in [-0.1, -0.05) is 26.7 Å². The van der Waals surface area contributed by atoms with Crippen molar-refractivity contribution < 1.29 is 19.2 Å². The molecule has 4 nitrogen and oxygen atoms in total. The quantitative estimate of drug-likeness (QED) is 0.431. The van der Waals surface area contributed by atoms with E-state index in [2.05, 4.69) is 55.4 Å². The zero-order valence-corrected chi connectivity index (χ0v) is 20.3. The summed E-state index contributed by atoms with van der Waals surface area (Å²) in [4.78, 5) is 0. The molecule has 1 unspecified atom stereocenters. The average Bonchev–Trinajstić information content (AvgIpc) is 2.61. The summed E-state index contributed by atoms with van der Waals surface area (Å²) in [6.45, 7) is 26.6. The van der Waals surface area contributed by atoms with Gasteiger partial charge >= 0.3 is 0 Å². The second-order valence-corrected chi connectivity index (χ2v) is 8.90. The highest BCUT2D eigenvalue weighted by Gasteiger charge is 2.32. The van der Waals surface area contributed by atoms with E-state index in [1.165, 1.54) is 38.8 Å². The lowest BCUT2D eigenvalue weighted by Gasteiger charge is -2.45. The van der Waals surface area contributed by atoms with E-state index < -0.39 is 0 Å². The number of aliphatic hydroxyl groups is 2. The molecule has 0 spiro atoms. The second kappa shape index (κ2) is 15.7. The molecule has 166 valence electrons. The van der Waals surface area contributed by atoms with Gasteiger partial charge in [-0.15, -0.1) is 0 Å². The molecule has 1 atom stereocenters. The molecule has 0 bridgehead atoms. The molecule has 0 saturated carbocycles. The van der Waals surface area contributed by atoms with Crippen LogP contribution >= 0.6 is 0 Å². The Bertz CT molecular complexity index is 314. The molecule has 0 aliphatic rings. The van der Waals surface area contributed by atoms with Crippen LogP contribution in [0.4, 0.5) is 0 Å². The first kappa shape index (κ1) is 29.0. The van der Waals surface area contributed by atoms with E-state index in [9.17, 15) is 5.11 Å². The topological polar surface area (TPSA) is 40.5 Å². The Labute approximate surface area is 171 Å². The molecule has 0 aromatic rings. The van der Waals surface area contributed by atoms with Gasteiger partial charge in [0.05, 0.1) is 44.9 Å². The molecule has 27 heavy (non-hydrogen) atoms. The largest absolute Gasteiger partial charge is 0.391 e. The van der Waals surface area contributed by atoms with Crippen LogP contribution in [0.1, 0.15) is 88.0 Å². The number of hydrogen-bond donors (Lipinski definition) is 2. The third kappa shape index (κ3) is 10.8. The summed E-state index contributed by atoms with van der Waals surface area (Å²) in [5.74, 6) is 0. The molecule has 0 amide bonds. The van der Waals surface area contributed by atoms with Gasteiger partial charge in [0.1, 0.15) is 19.2 Å². The summed E-state index contributed by atoms with van der Waals surface area (Å²) in [6, 6.07) is 1.20. The van der Waals surface area contributed by atoms with Crippen molar-refractivity contribution in [1.82, 2.24) is 0 Å². The normalized spacial score (nSPS) is 13.7. The van der Waals surface area contributed by atoms with E-state index in [1.807, 2.05) is 6.92 Å². The summed E-state index contributed by atoms with van der Waals surface area (Å²) in [6.07, 6.45) is 4.91. The maximum Gasteiger partial charge on any atom is 0.105 e. The van der Waals surface area contributed by atoms with Crippen molar-refractivity contribution in [2.45, 2.75) is 106 Å². The first-order valence-electron chi connectivity index (χ1n) is 11.6. The lowest BCUT2D eigenvalue weighted by molar-refractivity contribution is -0.965. The second-order valence-electron chi connectivity index (χ2n) is 8.90. The molecular formula is C23H54N2O2+2. The molecule has 4 heteroatoms. The van der Waals surface area contributed by atoms with Crippen LogP contribution in [0.2, 0.25) is 0 Å². The van der Waals surface area contributed by atoms with E-state index in [-0.39, 0.29) is 6.10 Å². The molecule has 0 aromatic heterocycles. The molecule has 0 radical (unpaired) electrons. The Morgan fingerprint density at radius 2 is 1.15 bits per heavy atom. The molecule has 0 aromatic carbocycles. The minimum Gasteiger partial charge on any atom is -0.391 e. The van der Waals surface area contributed by atoms with Crippen molar-refractivity contribution in [3.63, 3.8) is 0 Å². The highest BCUT2D eigenvalue weighted by Crippen LogP contribution is 2.18. The standard InChI is InChI=1S/C13H30NO.C10H24NO/c1-5-8-10-14(7-3,11-9-6-2)12-13(4)15;1-6-11(7-8-12,9(2)3)10(4)5/h13,15H,5-12H2,1-4H3;9-10,12H,6-8H2,1-5H3/q2*+1. The SMILES string of the molecule is CCCC[N+](CC)(CCCC)CC(C)O.CC[N+](CCO)(C(C)C)C(C)C. The van der Waals surface area contributed by atoms with Gasteiger partial charge in [0.15, 0.2) is 0 Å². The number of aliphatic hydroxyl groups excluding tert-OH is 2. The summed E-state index contributed by atoms with van der Waals surface area (Å²) in [7, 11) is 0. The Hall–Kier alpha value is -0.160. The van der Waals surface area contributed by atoms with Crippen LogP contribution in [0, 0.1) is 0 Å². The van der Waals surface area contributed by atoms with Crippen LogP contribution in [0.5, 0.6) is 0 Å². The fourth-order valence-corrected chi connectivity index (χ4v) is 4.47. The zero-order chi connectivity index (χ0) is 21.5. The predicted octanol–water partition coefficient (Wildman–Crippen LogP) is 4.44. The number of rotatable bonds is 14. The van der Waals surface area contributed by atoms with Crippen molar-refractivity contribution in [3.8, 4) is 0 Å². The predicted molar refractivity (Wildman–Crippen MR) is 120 cm³/mol. The number of quaternary nitrogens is 2. The average molecular weight is 391 g/mol. The molecule has 2 N–H and O–H groups in total. The van der Waals surface area contributed by atoms with Gasteiger partial charge in [-0.05, 0) is 61.3 Å². The molecule has 0 fully saturated rings. The Morgan fingerprint density at radius 3 is 1.33 bits per heavy atom. The number of likely N-dealkylation sites (N-methyl/N-ethyl adjacent to an activating group) is 2. The van der Waals surface area contributed by atoms with Crippen LogP contribution < -0.4 is 0 Å². The zero-order valence-electron chi connectivity index (χ0n) is 20.3. The van der Waals surface area contributed by atoms with Gasteiger partial charge in [-0.25, -0.2) is 0 Å². The Kier molecular flexibility index (Phi) is 16.9. The summed E-state index contributed by atoms with van der Waals surface area (Å²) in [5, 5.41) is 18.6. The molecule has 0 aliphatic heterocycles. The first-order chi connectivity index (χ1) is 12.6. The van der Waals surface area contributed by atoms with Crippen molar-refractivity contribution >= 4 is 0 Å². The van der Waals surface area contributed by atoms with Gasteiger partial charge < -0.3 is 19.2 Å². The fourth-order valence-electron chi connectivity index (χ4n) is 4.47. The highest BCUT2D eigenvalue weighted by molar-refractivity contribution is 4.53. The smallest absolute Gasteiger partial charge is 0.105 e. The van der Waals surface area contributed by atoms with Crippen LogP contribution in [0.25, 0.3) is 0 Å². The van der Waals surface area contributed by atoms with Gasteiger partial charge in [-0.2, -0.15) is 0 Å². The molecular weight excluding hydrogens is 336 g/mol. The van der Waals surface area contributed by atoms with Gasteiger partial charge in [-0.3, -0.25) is 0 Å². The van der Waals surface area contributed by atoms with Crippen LogP contribution in [-0.2, 0) is 0 Å². The molecule has 0 rings (SSSR count). The minimum atomic E-state index is -0.168. The van der Waals surface area contributed by atoms with E-state index in [0.29, 0.717) is 18.7 Å². The molecule has 0 heterocycles. The maximum atomic E-state index is 9.60.